The van der Waals surface area contributed by atoms with E-state index in [0.29, 0.717) is 0 Å². The molecule has 0 aromatic heterocycles. The smallest absolute Gasteiger partial charge is 0.165 e. The Kier molecular flexibility index (Phi) is 2.76. The Morgan fingerprint density at radius 1 is 1.21 bits per heavy atom. The van der Waals surface area contributed by atoms with Crippen LogP contribution >= 0.6 is 0 Å². The highest BCUT2D eigenvalue weighted by Gasteiger charge is 2.26. The van der Waals surface area contributed by atoms with Crippen molar-refractivity contribution in [2.75, 3.05) is 7.11 Å². The molecule has 0 radical (unpaired) electrons. The summed E-state index contributed by atoms with van der Waals surface area (Å²) in [5.41, 5.74) is 4.80. The zero-order valence-corrected chi connectivity index (χ0v) is 8.40. The van der Waals surface area contributed by atoms with E-state index in [0.717, 1.165) is 12.1 Å². The third-order valence-corrected chi connectivity index (χ3v) is 1.91. The third-order valence-electron chi connectivity index (χ3n) is 1.91. The Labute approximate surface area is 81.7 Å². The van der Waals surface area contributed by atoms with Gasteiger partial charge >= 0.3 is 0 Å². The summed E-state index contributed by atoms with van der Waals surface area (Å²) in [6.07, 6.45) is 0. The molecule has 2 N–H and O–H groups in total. The lowest BCUT2D eigenvalue weighted by Crippen LogP contribution is -2.30. The molecule has 2 nitrogen and oxygen atoms in total. The normalized spacial score (nSPS) is 11.6. The van der Waals surface area contributed by atoms with Crippen molar-refractivity contribution in [3.05, 3.63) is 29.3 Å². The molecule has 0 atom stereocenters. The van der Waals surface area contributed by atoms with Gasteiger partial charge in [-0.1, -0.05) is 0 Å². The predicted octanol–water partition coefficient (Wildman–Crippen LogP) is 2.17. The molecule has 0 aliphatic heterocycles. The maximum atomic E-state index is 13.4. The molecule has 1 aromatic rings. The second-order valence-corrected chi connectivity index (χ2v) is 3.66. The number of rotatable bonds is 2. The highest BCUT2D eigenvalue weighted by Crippen LogP contribution is 2.32. The first kappa shape index (κ1) is 10.9. The summed E-state index contributed by atoms with van der Waals surface area (Å²) in [5.74, 6) is -1.30. The Hall–Kier alpha value is -1.16. The molecule has 1 aromatic carbocycles. The van der Waals surface area contributed by atoms with Crippen LogP contribution in [0.5, 0.6) is 5.75 Å². The minimum absolute atomic E-state index is 0.0556. The van der Waals surface area contributed by atoms with Crippen molar-refractivity contribution in [2.45, 2.75) is 19.4 Å². The molecule has 0 amide bonds. The lowest BCUT2D eigenvalue weighted by molar-refractivity contribution is 0.359. The van der Waals surface area contributed by atoms with E-state index in [4.69, 9.17) is 10.5 Å². The molecule has 0 spiro atoms. The Morgan fingerprint density at radius 3 is 2.07 bits per heavy atom. The summed E-state index contributed by atoms with van der Waals surface area (Å²) >= 11 is 0. The highest BCUT2D eigenvalue weighted by atomic mass is 19.1. The maximum absolute atomic E-state index is 13.4. The second-order valence-electron chi connectivity index (χ2n) is 3.66. The fourth-order valence-corrected chi connectivity index (χ4v) is 1.33. The molecule has 0 unspecified atom stereocenters. The molecule has 14 heavy (non-hydrogen) atoms. The van der Waals surface area contributed by atoms with Crippen molar-refractivity contribution < 1.29 is 13.5 Å². The number of methoxy groups -OCH3 is 1. The minimum Gasteiger partial charge on any atom is -0.493 e. The highest BCUT2D eigenvalue weighted by molar-refractivity contribution is 5.40. The summed E-state index contributed by atoms with van der Waals surface area (Å²) in [4.78, 5) is 0. The van der Waals surface area contributed by atoms with Crippen molar-refractivity contribution >= 4 is 0 Å². The number of hydrogen-bond donors (Lipinski definition) is 1. The van der Waals surface area contributed by atoms with Crippen LogP contribution in [0.15, 0.2) is 12.1 Å². The SMILES string of the molecule is COc1c(F)ccc(F)c1C(C)(C)N. The number of benzene rings is 1. The number of nitrogens with two attached hydrogens (primary N) is 1. The maximum Gasteiger partial charge on any atom is 0.165 e. The van der Waals surface area contributed by atoms with Crippen LogP contribution in [0.4, 0.5) is 8.78 Å². The lowest BCUT2D eigenvalue weighted by atomic mass is 9.94. The molecule has 0 fully saturated rings. The van der Waals surface area contributed by atoms with E-state index in [9.17, 15) is 8.78 Å². The Bertz CT molecular complexity index is 345. The van der Waals surface area contributed by atoms with Crippen LogP contribution in [0.3, 0.4) is 0 Å². The van der Waals surface area contributed by atoms with E-state index in [1.807, 2.05) is 0 Å². The van der Waals surface area contributed by atoms with Gasteiger partial charge in [-0.25, -0.2) is 8.78 Å². The number of ether oxygens (including phenoxy) is 1. The van der Waals surface area contributed by atoms with Crippen molar-refractivity contribution in [1.82, 2.24) is 0 Å². The number of halogens is 2. The van der Waals surface area contributed by atoms with Gasteiger partial charge in [0, 0.05) is 5.54 Å². The van der Waals surface area contributed by atoms with E-state index in [1.165, 1.54) is 7.11 Å². The van der Waals surface area contributed by atoms with Crippen LogP contribution in [0.1, 0.15) is 19.4 Å². The van der Waals surface area contributed by atoms with Crippen LogP contribution in [0, 0.1) is 11.6 Å². The van der Waals surface area contributed by atoms with Gasteiger partial charge in [-0.15, -0.1) is 0 Å². The third kappa shape index (κ3) is 1.85. The number of hydrogen-bond acceptors (Lipinski definition) is 2. The molecule has 0 aliphatic carbocycles. The molecule has 78 valence electrons. The largest absolute Gasteiger partial charge is 0.493 e. The van der Waals surface area contributed by atoms with Gasteiger partial charge in [-0.05, 0) is 26.0 Å². The van der Waals surface area contributed by atoms with Crippen molar-refractivity contribution in [2.24, 2.45) is 5.73 Å². The topological polar surface area (TPSA) is 35.2 Å². The van der Waals surface area contributed by atoms with Gasteiger partial charge in [0.1, 0.15) is 5.82 Å². The fourth-order valence-electron chi connectivity index (χ4n) is 1.33. The molecule has 0 saturated carbocycles. The van der Waals surface area contributed by atoms with Gasteiger partial charge in [0.25, 0.3) is 0 Å². The second kappa shape index (κ2) is 3.53. The zero-order valence-electron chi connectivity index (χ0n) is 8.40. The molecule has 4 heteroatoms. The van der Waals surface area contributed by atoms with Crippen molar-refractivity contribution in [3.63, 3.8) is 0 Å². The average molecular weight is 201 g/mol. The summed E-state index contributed by atoms with van der Waals surface area (Å²) in [5, 5.41) is 0. The van der Waals surface area contributed by atoms with Gasteiger partial charge in [0.05, 0.1) is 12.7 Å². The fraction of sp³-hybridized carbons (Fsp3) is 0.400. The Balaban J connectivity index is 3.46. The van der Waals surface area contributed by atoms with Crippen LogP contribution in [0.2, 0.25) is 0 Å². The molecule has 0 heterocycles. The zero-order chi connectivity index (χ0) is 10.9. The van der Waals surface area contributed by atoms with E-state index < -0.39 is 17.2 Å². The summed E-state index contributed by atoms with van der Waals surface area (Å²) < 4.78 is 31.4. The van der Waals surface area contributed by atoms with Gasteiger partial charge in [-0.3, -0.25) is 0 Å². The van der Waals surface area contributed by atoms with Gasteiger partial charge < -0.3 is 10.5 Å². The Morgan fingerprint density at radius 2 is 1.71 bits per heavy atom. The molecule has 0 aliphatic rings. The standard InChI is InChI=1S/C10H13F2NO/c1-10(2,13)8-6(11)4-5-7(12)9(8)14-3/h4-5H,13H2,1-3H3. The molecule has 1 rings (SSSR count). The lowest BCUT2D eigenvalue weighted by Gasteiger charge is -2.22. The quantitative estimate of drug-likeness (QED) is 0.795. The molecular formula is C10H13F2NO. The molecular weight excluding hydrogens is 188 g/mol. The van der Waals surface area contributed by atoms with Crippen LogP contribution in [-0.2, 0) is 5.54 Å². The van der Waals surface area contributed by atoms with Crippen LogP contribution < -0.4 is 10.5 Å². The van der Waals surface area contributed by atoms with E-state index >= 15 is 0 Å². The summed E-state index contributed by atoms with van der Waals surface area (Å²) in [6, 6.07) is 2.06. The summed E-state index contributed by atoms with van der Waals surface area (Å²) in [7, 11) is 1.28. The van der Waals surface area contributed by atoms with Crippen molar-refractivity contribution in [3.8, 4) is 5.75 Å². The minimum atomic E-state index is -0.975. The van der Waals surface area contributed by atoms with Crippen molar-refractivity contribution in [1.29, 1.82) is 0 Å². The van der Waals surface area contributed by atoms with E-state index in [-0.39, 0.29) is 11.3 Å². The predicted molar refractivity (Wildman–Crippen MR) is 50.1 cm³/mol. The molecule has 0 saturated heterocycles. The van der Waals surface area contributed by atoms with Gasteiger partial charge in [0.2, 0.25) is 0 Å². The summed E-state index contributed by atoms with van der Waals surface area (Å²) in [6.45, 7) is 3.18. The van der Waals surface area contributed by atoms with Gasteiger partial charge in [0.15, 0.2) is 11.6 Å². The van der Waals surface area contributed by atoms with Gasteiger partial charge in [-0.2, -0.15) is 0 Å². The van der Waals surface area contributed by atoms with E-state index in [2.05, 4.69) is 0 Å². The van der Waals surface area contributed by atoms with Crippen LogP contribution in [0.25, 0.3) is 0 Å². The monoisotopic (exact) mass is 201 g/mol. The van der Waals surface area contributed by atoms with E-state index in [1.54, 1.807) is 13.8 Å². The average Bonchev–Trinajstić information content (AvgIpc) is 2.06. The molecule has 0 bridgehead atoms. The first-order chi connectivity index (χ1) is 6.38. The van der Waals surface area contributed by atoms with Crippen LogP contribution in [-0.4, -0.2) is 7.11 Å². The first-order valence-electron chi connectivity index (χ1n) is 4.19. The first-order valence-corrected chi connectivity index (χ1v) is 4.19.